The second-order valence-corrected chi connectivity index (χ2v) is 4.62. The fraction of sp³-hybridized carbons (Fsp3) is 0.462. The Labute approximate surface area is 111 Å². The molecule has 1 atom stereocenters. The molecular formula is C13H20N2O4. The number of hydrogen-bond acceptors (Lipinski definition) is 5. The van der Waals surface area contributed by atoms with E-state index in [1.54, 1.807) is 0 Å². The van der Waals surface area contributed by atoms with Gasteiger partial charge in [0.1, 0.15) is 17.0 Å². The molecule has 19 heavy (non-hydrogen) atoms. The predicted molar refractivity (Wildman–Crippen MR) is 70.7 cm³/mol. The SMILES string of the molecule is CCCCC(Cc1cc(O)ccc1O)(NN)C(=O)O. The molecule has 0 heterocycles. The fourth-order valence-corrected chi connectivity index (χ4v) is 1.97. The lowest BCUT2D eigenvalue weighted by Gasteiger charge is -2.29. The Morgan fingerprint density at radius 1 is 1.42 bits per heavy atom. The molecule has 106 valence electrons. The number of rotatable bonds is 7. The minimum atomic E-state index is -1.35. The lowest BCUT2D eigenvalue weighted by atomic mass is 9.86. The largest absolute Gasteiger partial charge is 0.508 e. The molecule has 1 aromatic carbocycles. The molecule has 0 aliphatic rings. The summed E-state index contributed by atoms with van der Waals surface area (Å²) in [5.74, 6) is 4.24. The van der Waals surface area contributed by atoms with E-state index in [1.165, 1.54) is 18.2 Å². The maximum Gasteiger partial charge on any atom is 0.325 e. The van der Waals surface area contributed by atoms with E-state index in [1.807, 2.05) is 6.92 Å². The van der Waals surface area contributed by atoms with E-state index in [9.17, 15) is 20.1 Å². The molecule has 0 bridgehead atoms. The predicted octanol–water partition coefficient (Wildman–Crippen LogP) is 1.12. The van der Waals surface area contributed by atoms with Crippen LogP contribution < -0.4 is 11.3 Å². The summed E-state index contributed by atoms with van der Waals surface area (Å²) >= 11 is 0. The lowest BCUT2D eigenvalue weighted by Crippen LogP contribution is -2.57. The standard InChI is InChI=1S/C13H20N2O4/c1-2-3-6-13(15-14,12(18)19)8-9-7-10(16)4-5-11(9)17/h4-5,7,15-17H,2-3,6,8,14H2,1H3,(H,18,19). The maximum atomic E-state index is 11.5. The monoisotopic (exact) mass is 268 g/mol. The van der Waals surface area contributed by atoms with Crippen molar-refractivity contribution in [3.05, 3.63) is 23.8 Å². The average Bonchev–Trinajstić information content (AvgIpc) is 2.38. The van der Waals surface area contributed by atoms with Gasteiger partial charge in [-0.15, -0.1) is 0 Å². The highest BCUT2D eigenvalue weighted by Gasteiger charge is 2.37. The number of unbranched alkanes of at least 4 members (excludes halogenated alkanes) is 1. The summed E-state index contributed by atoms with van der Waals surface area (Å²) in [6.45, 7) is 1.95. The van der Waals surface area contributed by atoms with Crippen LogP contribution in [-0.2, 0) is 11.2 Å². The summed E-state index contributed by atoms with van der Waals surface area (Å²) < 4.78 is 0. The molecule has 1 rings (SSSR count). The molecule has 1 unspecified atom stereocenters. The number of phenols is 2. The molecule has 6 nitrogen and oxygen atoms in total. The normalized spacial score (nSPS) is 14.0. The summed E-state index contributed by atoms with van der Waals surface area (Å²) in [6.07, 6.45) is 1.86. The molecule has 0 spiro atoms. The van der Waals surface area contributed by atoms with Crippen molar-refractivity contribution >= 4 is 5.97 Å². The quantitative estimate of drug-likeness (QED) is 0.287. The third kappa shape index (κ3) is 3.59. The number of aromatic hydroxyl groups is 2. The lowest BCUT2D eigenvalue weighted by molar-refractivity contribution is -0.145. The third-order valence-electron chi connectivity index (χ3n) is 3.20. The highest BCUT2D eigenvalue weighted by Crippen LogP contribution is 2.28. The molecule has 0 amide bonds. The number of carboxylic acid groups (broad SMARTS) is 1. The van der Waals surface area contributed by atoms with Gasteiger partial charge < -0.3 is 15.3 Å². The Hall–Kier alpha value is -1.79. The van der Waals surface area contributed by atoms with Crippen LogP contribution in [0, 0.1) is 0 Å². The van der Waals surface area contributed by atoms with Crippen LogP contribution in [0.3, 0.4) is 0 Å². The van der Waals surface area contributed by atoms with Crippen molar-refractivity contribution in [2.45, 2.75) is 38.1 Å². The summed E-state index contributed by atoms with van der Waals surface area (Å²) in [5.41, 5.74) is 1.35. The Morgan fingerprint density at radius 2 is 2.11 bits per heavy atom. The zero-order valence-corrected chi connectivity index (χ0v) is 10.9. The van der Waals surface area contributed by atoms with Gasteiger partial charge in [0.15, 0.2) is 0 Å². The van der Waals surface area contributed by atoms with Gasteiger partial charge in [-0.25, -0.2) is 5.43 Å². The second-order valence-electron chi connectivity index (χ2n) is 4.62. The number of nitrogens with one attached hydrogen (secondary N) is 1. The van der Waals surface area contributed by atoms with Gasteiger partial charge in [-0.1, -0.05) is 19.8 Å². The molecule has 0 fully saturated rings. The molecule has 0 aliphatic heterocycles. The number of phenolic OH excluding ortho intramolecular Hbond substituents is 2. The van der Waals surface area contributed by atoms with Crippen molar-refractivity contribution in [2.24, 2.45) is 5.84 Å². The molecule has 0 radical (unpaired) electrons. The van der Waals surface area contributed by atoms with Crippen LogP contribution in [0.4, 0.5) is 0 Å². The van der Waals surface area contributed by atoms with Gasteiger partial charge in [-0.2, -0.15) is 0 Å². The first-order chi connectivity index (χ1) is 8.95. The smallest absolute Gasteiger partial charge is 0.325 e. The van der Waals surface area contributed by atoms with E-state index in [0.717, 1.165) is 6.42 Å². The van der Waals surface area contributed by atoms with Crippen LogP contribution in [0.1, 0.15) is 31.7 Å². The van der Waals surface area contributed by atoms with Crippen LogP contribution >= 0.6 is 0 Å². The highest BCUT2D eigenvalue weighted by molar-refractivity contribution is 5.79. The van der Waals surface area contributed by atoms with E-state index in [0.29, 0.717) is 18.4 Å². The Morgan fingerprint density at radius 3 is 2.63 bits per heavy atom. The number of nitrogens with two attached hydrogens (primary N) is 1. The number of carbonyl (C=O) groups is 1. The van der Waals surface area contributed by atoms with Gasteiger partial charge in [0.2, 0.25) is 0 Å². The summed E-state index contributed by atoms with van der Waals surface area (Å²) in [6, 6.07) is 4.01. The molecule has 0 saturated carbocycles. The molecule has 0 saturated heterocycles. The summed E-state index contributed by atoms with van der Waals surface area (Å²) in [5, 5.41) is 28.5. The highest BCUT2D eigenvalue weighted by atomic mass is 16.4. The molecule has 6 N–H and O–H groups in total. The second kappa shape index (κ2) is 6.40. The number of aliphatic carboxylic acids is 1. The van der Waals surface area contributed by atoms with Gasteiger partial charge in [-0.3, -0.25) is 10.6 Å². The van der Waals surface area contributed by atoms with E-state index < -0.39 is 11.5 Å². The van der Waals surface area contributed by atoms with E-state index in [4.69, 9.17) is 5.84 Å². The zero-order chi connectivity index (χ0) is 14.5. The average molecular weight is 268 g/mol. The number of benzene rings is 1. The summed E-state index contributed by atoms with van der Waals surface area (Å²) in [4.78, 5) is 11.5. The van der Waals surface area contributed by atoms with Crippen molar-refractivity contribution < 1.29 is 20.1 Å². The van der Waals surface area contributed by atoms with Crippen LogP contribution in [0.5, 0.6) is 11.5 Å². The van der Waals surface area contributed by atoms with Crippen LogP contribution in [0.2, 0.25) is 0 Å². The zero-order valence-electron chi connectivity index (χ0n) is 10.9. The first-order valence-electron chi connectivity index (χ1n) is 6.17. The van der Waals surface area contributed by atoms with Crippen molar-refractivity contribution in [3.8, 4) is 11.5 Å². The first kappa shape index (κ1) is 15.3. The molecule has 1 aromatic rings. The van der Waals surface area contributed by atoms with Gasteiger partial charge in [0.25, 0.3) is 0 Å². The van der Waals surface area contributed by atoms with Gasteiger partial charge in [-0.05, 0) is 30.2 Å². The number of carboxylic acids is 1. The van der Waals surface area contributed by atoms with Gasteiger partial charge >= 0.3 is 5.97 Å². The van der Waals surface area contributed by atoms with Crippen molar-refractivity contribution in [1.29, 1.82) is 0 Å². The van der Waals surface area contributed by atoms with Crippen LogP contribution in [0.15, 0.2) is 18.2 Å². The van der Waals surface area contributed by atoms with Gasteiger partial charge in [0.05, 0.1) is 0 Å². The molecule has 0 aliphatic carbocycles. The van der Waals surface area contributed by atoms with E-state index in [2.05, 4.69) is 5.43 Å². The maximum absolute atomic E-state index is 11.5. The van der Waals surface area contributed by atoms with Crippen molar-refractivity contribution in [1.82, 2.24) is 5.43 Å². The van der Waals surface area contributed by atoms with Gasteiger partial charge in [0, 0.05) is 6.42 Å². The topological polar surface area (TPSA) is 116 Å². The summed E-state index contributed by atoms with van der Waals surface area (Å²) in [7, 11) is 0. The molecular weight excluding hydrogens is 248 g/mol. The third-order valence-corrected chi connectivity index (χ3v) is 3.20. The first-order valence-corrected chi connectivity index (χ1v) is 6.17. The Balaban J connectivity index is 3.05. The Bertz CT molecular complexity index is 450. The van der Waals surface area contributed by atoms with Crippen molar-refractivity contribution in [3.63, 3.8) is 0 Å². The molecule has 6 heteroatoms. The van der Waals surface area contributed by atoms with E-state index in [-0.39, 0.29) is 17.9 Å². The Kier molecular flexibility index (Phi) is 5.14. The minimum absolute atomic E-state index is 0.000926. The number of hydrogen-bond donors (Lipinski definition) is 5. The fourth-order valence-electron chi connectivity index (χ4n) is 1.97. The van der Waals surface area contributed by atoms with Crippen LogP contribution in [0.25, 0.3) is 0 Å². The van der Waals surface area contributed by atoms with E-state index >= 15 is 0 Å². The number of hydrazine groups is 1. The molecule has 0 aromatic heterocycles. The van der Waals surface area contributed by atoms with Crippen LogP contribution in [-0.4, -0.2) is 26.8 Å². The van der Waals surface area contributed by atoms with Crippen molar-refractivity contribution in [2.75, 3.05) is 0 Å². The minimum Gasteiger partial charge on any atom is -0.508 e.